The van der Waals surface area contributed by atoms with Crippen molar-refractivity contribution in [1.82, 2.24) is 19.7 Å². The number of rotatable bonds is 4. The van der Waals surface area contributed by atoms with Crippen LogP contribution >= 0.6 is 0 Å². The number of hydrogen-bond acceptors (Lipinski definition) is 6. The molecule has 4 rings (SSSR count). The second-order valence-electron chi connectivity index (χ2n) is 7.53. The number of hydrogen-bond donors (Lipinski definition) is 1. The van der Waals surface area contributed by atoms with E-state index in [1.54, 1.807) is 21.9 Å². The molecule has 0 spiro atoms. The van der Waals surface area contributed by atoms with Gasteiger partial charge in [0, 0.05) is 45.5 Å². The van der Waals surface area contributed by atoms with Gasteiger partial charge in [-0.3, -0.25) is 19.2 Å². The Labute approximate surface area is 184 Å². The van der Waals surface area contributed by atoms with E-state index < -0.39 is 6.10 Å². The number of aromatic nitrogens is 1. The Hall–Kier alpha value is -3.82. The first-order valence-electron chi connectivity index (χ1n) is 10.3. The zero-order valence-electron chi connectivity index (χ0n) is 17.7. The summed E-state index contributed by atoms with van der Waals surface area (Å²) in [5, 5.41) is 2.49. The minimum absolute atomic E-state index is 0.138. The van der Waals surface area contributed by atoms with E-state index in [9.17, 15) is 19.2 Å². The van der Waals surface area contributed by atoms with E-state index in [1.807, 2.05) is 12.1 Å². The highest BCUT2D eigenvalue weighted by Gasteiger charge is 2.33. The van der Waals surface area contributed by atoms with Crippen LogP contribution in [0, 0.1) is 0 Å². The molecule has 0 saturated carbocycles. The van der Waals surface area contributed by atoms with E-state index in [1.165, 1.54) is 29.9 Å². The maximum Gasteiger partial charge on any atom is 0.267 e. The molecule has 0 bridgehead atoms. The summed E-state index contributed by atoms with van der Waals surface area (Å²) in [6, 6.07) is 9.88. The smallest absolute Gasteiger partial charge is 0.267 e. The van der Waals surface area contributed by atoms with Gasteiger partial charge in [0.1, 0.15) is 13.2 Å². The van der Waals surface area contributed by atoms with Gasteiger partial charge in [0.15, 0.2) is 11.5 Å². The third kappa shape index (κ3) is 4.43. The molecule has 1 aromatic heterocycles. The zero-order valence-corrected chi connectivity index (χ0v) is 17.7. The van der Waals surface area contributed by atoms with Gasteiger partial charge < -0.3 is 29.2 Å². The van der Waals surface area contributed by atoms with Gasteiger partial charge in [-0.05, 0) is 18.2 Å². The molecule has 2 aliphatic rings. The van der Waals surface area contributed by atoms with Gasteiger partial charge in [0.25, 0.3) is 17.4 Å². The second kappa shape index (κ2) is 9.13. The molecule has 3 heterocycles. The van der Waals surface area contributed by atoms with Crippen LogP contribution in [0.15, 0.2) is 47.4 Å². The number of carbonyl (C=O) groups is 3. The lowest BCUT2D eigenvalue weighted by Gasteiger charge is -2.37. The minimum Gasteiger partial charge on any atom is -0.485 e. The number of piperazine rings is 1. The number of para-hydroxylation sites is 2. The maximum absolute atomic E-state index is 12.8. The molecule has 168 valence electrons. The van der Waals surface area contributed by atoms with E-state index in [2.05, 4.69) is 5.32 Å². The van der Waals surface area contributed by atoms with Crippen LogP contribution in [-0.2, 0) is 16.1 Å². The highest BCUT2D eigenvalue weighted by atomic mass is 16.6. The van der Waals surface area contributed by atoms with Gasteiger partial charge in [0.05, 0.1) is 5.56 Å². The number of nitrogens with zero attached hydrogens (tertiary/aromatic N) is 3. The van der Waals surface area contributed by atoms with Crippen molar-refractivity contribution >= 4 is 17.7 Å². The molecule has 1 saturated heterocycles. The minimum atomic E-state index is -0.724. The first-order valence-corrected chi connectivity index (χ1v) is 10.3. The quantitative estimate of drug-likeness (QED) is 0.700. The topological polar surface area (TPSA) is 110 Å². The van der Waals surface area contributed by atoms with Gasteiger partial charge in [-0.2, -0.15) is 0 Å². The standard InChI is InChI=1S/C22H24N4O6/c1-23-21(29)15-6-7-19(27)26(12-15)13-20(28)24-8-10-25(11-9-24)22(30)18-14-31-16-4-2-3-5-17(16)32-18/h2-7,12,18H,8-11,13-14H2,1H3,(H,23,29). The van der Waals surface area contributed by atoms with Gasteiger partial charge in [-0.25, -0.2) is 0 Å². The first kappa shape index (κ1) is 21.4. The lowest BCUT2D eigenvalue weighted by Crippen LogP contribution is -2.55. The van der Waals surface area contributed by atoms with Crippen LogP contribution in [0.5, 0.6) is 11.5 Å². The zero-order chi connectivity index (χ0) is 22.7. The van der Waals surface area contributed by atoms with Crippen LogP contribution < -0.4 is 20.3 Å². The number of ether oxygens (including phenoxy) is 2. The number of nitrogens with one attached hydrogen (secondary N) is 1. The highest BCUT2D eigenvalue weighted by molar-refractivity contribution is 5.93. The molecule has 2 aliphatic heterocycles. The molecule has 1 N–H and O–H groups in total. The third-order valence-electron chi connectivity index (χ3n) is 5.51. The molecule has 32 heavy (non-hydrogen) atoms. The Morgan fingerprint density at radius 2 is 1.69 bits per heavy atom. The molecule has 2 aromatic rings. The fraction of sp³-hybridized carbons (Fsp3) is 0.364. The number of carbonyl (C=O) groups excluding carboxylic acids is 3. The van der Waals surface area contributed by atoms with Gasteiger partial charge in [-0.15, -0.1) is 0 Å². The van der Waals surface area contributed by atoms with E-state index in [0.717, 1.165) is 0 Å². The summed E-state index contributed by atoms with van der Waals surface area (Å²) in [4.78, 5) is 52.7. The average molecular weight is 440 g/mol. The van der Waals surface area contributed by atoms with E-state index in [4.69, 9.17) is 9.47 Å². The Balaban J connectivity index is 1.33. The van der Waals surface area contributed by atoms with Crippen LogP contribution in [-0.4, -0.2) is 78.0 Å². The number of pyridine rings is 1. The third-order valence-corrected chi connectivity index (χ3v) is 5.51. The summed E-state index contributed by atoms with van der Waals surface area (Å²) in [5.74, 6) is 0.383. The molecule has 1 atom stereocenters. The van der Waals surface area contributed by atoms with Crippen molar-refractivity contribution in [1.29, 1.82) is 0 Å². The Bertz CT molecular complexity index is 1090. The summed E-state index contributed by atoms with van der Waals surface area (Å²) >= 11 is 0. The molecule has 0 radical (unpaired) electrons. The monoisotopic (exact) mass is 440 g/mol. The van der Waals surface area contributed by atoms with Crippen LogP contribution in [0.1, 0.15) is 10.4 Å². The normalized spacial score (nSPS) is 17.6. The van der Waals surface area contributed by atoms with Crippen LogP contribution in [0.2, 0.25) is 0 Å². The van der Waals surface area contributed by atoms with Gasteiger partial charge >= 0.3 is 0 Å². The second-order valence-corrected chi connectivity index (χ2v) is 7.53. The van der Waals surface area contributed by atoms with Crippen LogP contribution in [0.4, 0.5) is 0 Å². The van der Waals surface area contributed by atoms with E-state index >= 15 is 0 Å². The first-order chi connectivity index (χ1) is 15.5. The molecule has 0 aliphatic carbocycles. The summed E-state index contributed by atoms with van der Waals surface area (Å²) in [7, 11) is 1.49. The van der Waals surface area contributed by atoms with Crippen molar-refractivity contribution in [3.05, 3.63) is 58.5 Å². The number of amides is 3. The molecule has 1 unspecified atom stereocenters. The Morgan fingerprint density at radius 3 is 2.41 bits per heavy atom. The van der Waals surface area contributed by atoms with Crippen LogP contribution in [0.25, 0.3) is 0 Å². The number of fused-ring (bicyclic) bond motifs is 1. The summed E-state index contributed by atoms with van der Waals surface area (Å²) in [6.45, 7) is 1.38. The van der Waals surface area contributed by atoms with E-state index in [0.29, 0.717) is 43.2 Å². The molecular weight excluding hydrogens is 416 g/mol. The van der Waals surface area contributed by atoms with Gasteiger partial charge in [-0.1, -0.05) is 12.1 Å². The van der Waals surface area contributed by atoms with Crippen molar-refractivity contribution in [3.8, 4) is 11.5 Å². The molecule has 3 amide bonds. The SMILES string of the molecule is CNC(=O)c1ccc(=O)n(CC(=O)N2CCN(C(=O)C3COc4ccccc4O3)CC2)c1. The predicted molar refractivity (Wildman–Crippen MR) is 114 cm³/mol. The predicted octanol–water partition coefficient (Wildman–Crippen LogP) is -0.281. The Morgan fingerprint density at radius 1 is 1.00 bits per heavy atom. The summed E-state index contributed by atoms with van der Waals surface area (Å²) < 4.78 is 12.6. The fourth-order valence-electron chi connectivity index (χ4n) is 3.70. The molecule has 1 fully saturated rings. The highest BCUT2D eigenvalue weighted by Crippen LogP contribution is 2.31. The number of benzene rings is 1. The largest absolute Gasteiger partial charge is 0.485 e. The molecular formula is C22H24N4O6. The Kier molecular flexibility index (Phi) is 6.11. The molecule has 1 aromatic carbocycles. The fourth-order valence-corrected chi connectivity index (χ4v) is 3.70. The van der Waals surface area contributed by atoms with E-state index in [-0.39, 0.29) is 36.4 Å². The molecule has 10 nitrogen and oxygen atoms in total. The summed E-state index contributed by atoms with van der Waals surface area (Å²) in [5.41, 5.74) is -0.0684. The van der Waals surface area contributed by atoms with Crippen molar-refractivity contribution in [3.63, 3.8) is 0 Å². The van der Waals surface area contributed by atoms with Crippen LogP contribution in [0.3, 0.4) is 0 Å². The van der Waals surface area contributed by atoms with Crippen molar-refractivity contribution in [2.45, 2.75) is 12.6 Å². The van der Waals surface area contributed by atoms with Gasteiger partial charge in [0.2, 0.25) is 12.0 Å². The van der Waals surface area contributed by atoms with Crippen molar-refractivity contribution in [2.24, 2.45) is 0 Å². The average Bonchev–Trinajstić information content (AvgIpc) is 2.84. The molecule has 10 heteroatoms. The lowest BCUT2D eigenvalue weighted by molar-refractivity contribution is -0.146. The maximum atomic E-state index is 12.8. The lowest BCUT2D eigenvalue weighted by atomic mass is 10.2. The summed E-state index contributed by atoms with van der Waals surface area (Å²) in [6.07, 6.45) is 0.648. The van der Waals surface area contributed by atoms with Crippen molar-refractivity contribution < 1.29 is 23.9 Å². The van der Waals surface area contributed by atoms with Crippen molar-refractivity contribution in [2.75, 3.05) is 39.8 Å².